The molecule has 35 heavy (non-hydrogen) atoms. The number of esters is 1. The summed E-state index contributed by atoms with van der Waals surface area (Å²) in [5.74, 6) is 1.13. The van der Waals surface area contributed by atoms with Gasteiger partial charge in [-0.25, -0.2) is 0 Å². The molecule has 2 aromatic rings. The van der Waals surface area contributed by atoms with E-state index in [9.17, 15) is 13.9 Å². The number of ether oxygens (including phenoxy) is 2. The molecule has 2 aromatic carbocycles. The number of nitrogens with zero attached hydrogens (tertiary/aromatic N) is 1. The van der Waals surface area contributed by atoms with Crippen LogP contribution in [0.5, 0.6) is 5.75 Å². The van der Waals surface area contributed by atoms with E-state index in [0.717, 1.165) is 36.2 Å². The second kappa shape index (κ2) is 11.0. The van der Waals surface area contributed by atoms with Crippen molar-refractivity contribution in [2.45, 2.75) is 62.4 Å². The highest BCUT2D eigenvalue weighted by atomic mass is 32.3. The van der Waals surface area contributed by atoms with Gasteiger partial charge < -0.3 is 14.4 Å². The first kappa shape index (κ1) is 27.7. The first-order chi connectivity index (χ1) is 16.5. The van der Waals surface area contributed by atoms with Crippen molar-refractivity contribution in [3.05, 3.63) is 48.0 Å². The summed E-state index contributed by atoms with van der Waals surface area (Å²) in [7, 11) is -0.0730. The summed E-state index contributed by atoms with van der Waals surface area (Å²) in [4.78, 5) is 14.9. The van der Waals surface area contributed by atoms with E-state index in [-0.39, 0.29) is 11.4 Å². The zero-order valence-corrected chi connectivity index (χ0v) is 23.3. The molecule has 0 spiro atoms. The van der Waals surface area contributed by atoms with Crippen LogP contribution >= 0.6 is 22.4 Å². The van der Waals surface area contributed by atoms with Gasteiger partial charge in [0.15, 0.2) is 0 Å². The number of para-hydroxylation sites is 1. The molecule has 194 valence electrons. The highest BCUT2D eigenvalue weighted by molar-refractivity contribution is 8.24. The number of carbonyl (C=O) groups is 1. The first-order valence-corrected chi connectivity index (χ1v) is 14.7. The second-order valence-corrected chi connectivity index (χ2v) is 13.7. The minimum absolute atomic E-state index is 0.279. The Labute approximate surface area is 215 Å². The molecule has 0 amide bonds. The number of methoxy groups -OCH3 is 2. The molecule has 1 aliphatic rings. The van der Waals surface area contributed by atoms with Gasteiger partial charge in [0.2, 0.25) is 0 Å². The van der Waals surface area contributed by atoms with E-state index in [1.165, 1.54) is 18.9 Å². The standard InChI is InChI=1S/C27H39NO5S2/c1-7-8-14-27(4)18-28(21-12-10-9-11-13-21)22-16-23(32-5)20(15-24(22)35(30,31)19-27)17-34-26(2,3)25(29)33-6/h9-13,15-16,30-31H,7-8,14,17-19H2,1-6H3. The van der Waals surface area contributed by atoms with Crippen LogP contribution in [0.4, 0.5) is 11.4 Å². The van der Waals surface area contributed by atoms with Gasteiger partial charge >= 0.3 is 5.97 Å². The molecular weight excluding hydrogens is 482 g/mol. The van der Waals surface area contributed by atoms with Crippen molar-refractivity contribution in [1.29, 1.82) is 0 Å². The number of carbonyl (C=O) groups excluding carboxylic acids is 1. The van der Waals surface area contributed by atoms with Gasteiger partial charge in [-0.15, -0.1) is 11.8 Å². The molecule has 0 aromatic heterocycles. The maximum absolute atomic E-state index is 12.2. The third kappa shape index (κ3) is 6.28. The molecule has 1 heterocycles. The number of hydrogen-bond donors (Lipinski definition) is 2. The normalized spacial score (nSPS) is 20.5. The first-order valence-electron chi connectivity index (χ1n) is 12.0. The summed E-state index contributed by atoms with van der Waals surface area (Å²) in [5.41, 5.74) is 2.30. The Morgan fingerprint density at radius 2 is 1.89 bits per heavy atom. The highest BCUT2D eigenvalue weighted by Crippen LogP contribution is 2.61. The molecule has 0 radical (unpaired) electrons. The molecule has 2 N–H and O–H groups in total. The van der Waals surface area contributed by atoms with Crippen LogP contribution in [0.3, 0.4) is 0 Å². The summed E-state index contributed by atoms with van der Waals surface area (Å²) >= 11 is 1.44. The van der Waals surface area contributed by atoms with Crippen LogP contribution in [-0.2, 0) is 15.3 Å². The minimum atomic E-state index is -3.08. The van der Waals surface area contributed by atoms with Crippen LogP contribution in [-0.4, -0.2) is 46.3 Å². The molecule has 8 heteroatoms. The zero-order valence-electron chi connectivity index (χ0n) is 21.7. The second-order valence-electron chi connectivity index (χ2n) is 10.1. The monoisotopic (exact) mass is 521 g/mol. The summed E-state index contributed by atoms with van der Waals surface area (Å²) < 4.78 is 33.0. The van der Waals surface area contributed by atoms with Crippen molar-refractivity contribution in [3.8, 4) is 5.75 Å². The molecule has 1 atom stereocenters. The summed E-state index contributed by atoms with van der Waals surface area (Å²) in [6, 6.07) is 13.9. The molecule has 0 fully saturated rings. The van der Waals surface area contributed by atoms with Gasteiger partial charge in [0.05, 0.1) is 24.8 Å². The predicted octanol–water partition coefficient (Wildman–Crippen LogP) is 7.34. The fourth-order valence-corrected chi connectivity index (χ4v) is 7.74. The average molecular weight is 522 g/mol. The molecule has 0 aliphatic carbocycles. The topological polar surface area (TPSA) is 79.2 Å². The van der Waals surface area contributed by atoms with Gasteiger partial charge in [-0.2, -0.15) is 10.6 Å². The Morgan fingerprint density at radius 3 is 2.49 bits per heavy atom. The molecule has 0 saturated carbocycles. The molecular formula is C27H39NO5S2. The Kier molecular flexibility index (Phi) is 8.73. The van der Waals surface area contributed by atoms with E-state index in [2.05, 4.69) is 30.9 Å². The number of hydrogen-bond acceptors (Lipinski definition) is 7. The van der Waals surface area contributed by atoms with Crippen LogP contribution in [0.1, 0.15) is 52.5 Å². The van der Waals surface area contributed by atoms with E-state index in [0.29, 0.717) is 28.7 Å². The quantitative estimate of drug-likeness (QED) is 0.334. The third-order valence-electron chi connectivity index (χ3n) is 6.56. The molecule has 0 saturated heterocycles. The van der Waals surface area contributed by atoms with Gasteiger partial charge in [-0.3, -0.25) is 13.9 Å². The van der Waals surface area contributed by atoms with Gasteiger partial charge in [0.1, 0.15) is 10.5 Å². The Balaban J connectivity index is 2.12. The Morgan fingerprint density at radius 1 is 1.20 bits per heavy atom. The predicted molar refractivity (Wildman–Crippen MR) is 147 cm³/mol. The lowest BCUT2D eigenvalue weighted by Gasteiger charge is -2.39. The van der Waals surface area contributed by atoms with Crippen molar-refractivity contribution >= 4 is 39.7 Å². The number of fused-ring (bicyclic) bond motifs is 1. The highest BCUT2D eigenvalue weighted by Gasteiger charge is 2.40. The van der Waals surface area contributed by atoms with Crippen LogP contribution in [0.2, 0.25) is 0 Å². The van der Waals surface area contributed by atoms with Gasteiger partial charge in [-0.05, 0) is 38.5 Å². The van der Waals surface area contributed by atoms with Gasteiger partial charge in [0, 0.05) is 40.8 Å². The lowest BCUT2D eigenvalue weighted by atomic mass is 9.86. The van der Waals surface area contributed by atoms with Crippen molar-refractivity contribution < 1.29 is 23.4 Å². The number of anilines is 2. The molecule has 1 unspecified atom stereocenters. The molecule has 6 nitrogen and oxygen atoms in total. The Bertz CT molecular complexity index is 1030. The van der Waals surface area contributed by atoms with E-state index in [1.54, 1.807) is 7.11 Å². The lowest BCUT2D eigenvalue weighted by Crippen LogP contribution is -2.35. The summed E-state index contributed by atoms with van der Waals surface area (Å²) in [6.45, 7) is 8.64. The average Bonchev–Trinajstić information content (AvgIpc) is 2.92. The zero-order chi connectivity index (χ0) is 25.9. The smallest absolute Gasteiger partial charge is 0.321 e. The lowest BCUT2D eigenvalue weighted by molar-refractivity contribution is -0.142. The number of rotatable bonds is 9. The maximum atomic E-state index is 12.2. The third-order valence-corrected chi connectivity index (χ3v) is 10.0. The molecule has 1 aliphatic heterocycles. The molecule has 3 rings (SSSR count). The SMILES string of the molecule is CCCCC1(C)CN(c2ccccc2)c2cc(OC)c(CSC(C)(C)C(=O)OC)cc2S(O)(O)C1. The fraction of sp³-hybridized carbons (Fsp3) is 0.519. The van der Waals surface area contributed by atoms with E-state index >= 15 is 0 Å². The van der Waals surface area contributed by atoms with Crippen LogP contribution in [0.25, 0.3) is 0 Å². The summed E-state index contributed by atoms with van der Waals surface area (Å²) in [5, 5.41) is 0. The van der Waals surface area contributed by atoms with E-state index in [4.69, 9.17) is 9.47 Å². The Hall–Kier alpha value is -1.87. The maximum Gasteiger partial charge on any atom is 0.321 e. The van der Waals surface area contributed by atoms with Crippen LogP contribution in [0.15, 0.2) is 47.4 Å². The summed E-state index contributed by atoms with van der Waals surface area (Å²) in [6.07, 6.45) is 2.99. The number of unbranched alkanes of at least 4 members (excludes halogenated alkanes) is 1. The van der Waals surface area contributed by atoms with Gasteiger partial charge in [-0.1, -0.05) is 44.9 Å². The number of thioether (sulfide) groups is 1. The van der Waals surface area contributed by atoms with Crippen LogP contribution in [0, 0.1) is 5.41 Å². The van der Waals surface area contributed by atoms with Crippen molar-refractivity contribution in [2.75, 3.05) is 31.4 Å². The van der Waals surface area contributed by atoms with E-state index in [1.807, 2.05) is 44.2 Å². The van der Waals surface area contributed by atoms with Gasteiger partial charge in [0.25, 0.3) is 0 Å². The fourth-order valence-electron chi connectivity index (χ4n) is 4.60. The molecule has 0 bridgehead atoms. The van der Waals surface area contributed by atoms with Crippen molar-refractivity contribution in [2.24, 2.45) is 5.41 Å². The largest absolute Gasteiger partial charge is 0.496 e. The van der Waals surface area contributed by atoms with Crippen molar-refractivity contribution in [3.63, 3.8) is 0 Å². The number of benzene rings is 2. The van der Waals surface area contributed by atoms with E-state index < -0.39 is 15.3 Å². The minimum Gasteiger partial charge on any atom is -0.496 e. The van der Waals surface area contributed by atoms with Crippen LogP contribution < -0.4 is 9.64 Å². The van der Waals surface area contributed by atoms with Crippen molar-refractivity contribution in [1.82, 2.24) is 0 Å².